The van der Waals surface area contributed by atoms with Crippen LogP contribution in [0.4, 0.5) is 0 Å². The highest BCUT2D eigenvalue weighted by atomic mass is 16.5. The average Bonchev–Trinajstić information content (AvgIpc) is 2.48. The summed E-state index contributed by atoms with van der Waals surface area (Å²) in [5.41, 5.74) is -0.204. The first kappa shape index (κ1) is 11.5. The summed E-state index contributed by atoms with van der Waals surface area (Å²) in [6.45, 7) is 10.8. The Morgan fingerprint density at radius 2 is 2.00 bits per heavy atom. The number of rotatable bonds is 2. The lowest BCUT2D eigenvalue weighted by Gasteiger charge is -2.24. The van der Waals surface area contributed by atoms with Gasteiger partial charge < -0.3 is 9.84 Å². The number of aliphatic hydroxyl groups excluding tert-OH is 1. The van der Waals surface area contributed by atoms with E-state index < -0.39 is 6.10 Å². The Kier molecular flexibility index (Phi) is 3.20. The lowest BCUT2D eigenvalue weighted by Crippen LogP contribution is -2.34. The highest BCUT2D eigenvalue weighted by Gasteiger charge is 2.33. The minimum absolute atomic E-state index is 0.204. The van der Waals surface area contributed by atoms with Crippen LogP contribution in [0, 0.1) is 11.3 Å². The Labute approximate surface area is 86.2 Å². The summed E-state index contributed by atoms with van der Waals surface area (Å²) in [4.78, 5) is 4.40. The van der Waals surface area contributed by atoms with Gasteiger partial charge in [0.15, 0.2) is 0 Å². The van der Waals surface area contributed by atoms with Crippen LogP contribution < -0.4 is 0 Å². The van der Waals surface area contributed by atoms with E-state index in [4.69, 9.17) is 4.74 Å². The zero-order valence-electron chi connectivity index (χ0n) is 9.74. The molecule has 82 valence electrons. The molecule has 1 rings (SSSR count). The Morgan fingerprint density at radius 3 is 2.36 bits per heavy atom. The zero-order chi connectivity index (χ0) is 10.9. The molecule has 0 aliphatic carbocycles. The first-order chi connectivity index (χ1) is 6.32. The molecule has 0 bridgehead atoms. The van der Waals surface area contributed by atoms with E-state index in [2.05, 4.69) is 18.8 Å². The Bertz CT molecular complexity index is 228. The molecule has 0 saturated carbocycles. The molecule has 3 heteroatoms. The van der Waals surface area contributed by atoms with Gasteiger partial charge in [-0.1, -0.05) is 34.6 Å². The lowest BCUT2D eigenvalue weighted by atomic mass is 9.89. The second-order valence-electron chi connectivity index (χ2n) is 5.36. The Balaban J connectivity index is 2.68. The minimum Gasteiger partial charge on any atom is -0.477 e. The summed E-state index contributed by atoms with van der Waals surface area (Å²) in [5.74, 6) is 0.982. The van der Waals surface area contributed by atoms with Crippen molar-refractivity contribution in [3.8, 4) is 0 Å². The van der Waals surface area contributed by atoms with Crippen LogP contribution in [0.1, 0.15) is 34.6 Å². The first-order valence-corrected chi connectivity index (χ1v) is 5.21. The molecule has 0 amide bonds. The predicted molar refractivity (Wildman–Crippen MR) is 57.5 cm³/mol. The summed E-state index contributed by atoms with van der Waals surface area (Å²) in [6.07, 6.45) is -0.591. The normalized spacial score (nSPS) is 24.8. The molecule has 0 aromatic rings. The van der Waals surface area contributed by atoms with Gasteiger partial charge in [0.25, 0.3) is 0 Å². The van der Waals surface area contributed by atoms with Crippen molar-refractivity contribution in [1.82, 2.24) is 0 Å². The second kappa shape index (κ2) is 3.89. The Hall–Kier alpha value is -0.570. The number of hydrogen-bond acceptors (Lipinski definition) is 3. The highest BCUT2D eigenvalue weighted by molar-refractivity contribution is 5.82. The van der Waals surface area contributed by atoms with Crippen molar-refractivity contribution in [2.24, 2.45) is 16.3 Å². The third kappa shape index (κ3) is 2.47. The van der Waals surface area contributed by atoms with Crippen molar-refractivity contribution in [2.75, 3.05) is 6.61 Å². The van der Waals surface area contributed by atoms with E-state index in [1.165, 1.54) is 0 Å². The molecule has 0 fully saturated rings. The molecule has 3 nitrogen and oxygen atoms in total. The van der Waals surface area contributed by atoms with Crippen LogP contribution in [-0.4, -0.2) is 29.8 Å². The molecular weight excluding hydrogens is 178 g/mol. The van der Waals surface area contributed by atoms with Crippen LogP contribution >= 0.6 is 0 Å². The van der Waals surface area contributed by atoms with E-state index >= 15 is 0 Å². The van der Waals surface area contributed by atoms with Crippen molar-refractivity contribution < 1.29 is 9.84 Å². The fourth-order valence-corrected chi connectivity index (χ4v) is 1.27. The third-order valence-electron chi connectivity index (χ3n) is 2.52. The number of ether oxygens (including phenoxy) is 1. The van der Waals surface area contributed by atoms with E-state index in [9.17, 15) is 5.11 Å². The van der Waals surface area contributed by atoms with Crippen LogP contribution in [0.25, 0.3) is 0 Å². The van der Waals surface area contributed by atoms with Crippen LogP contribution in [0.3, 0.4) is 0 Å². The molecule has 1 heterocycles. The maximum atomic E-state index is 9.93. The first-order valence-electron chi connectivity index (χ1n) is 5.21. The van der Waals surface area contributed by atoms with Gasteiger partial charge in [-0.25, -0.2) is 4.99 Å². The molecule has 0 radical (unpaired) electrons. The number of aliphatic hydroxyl groups is 1. The van der Waals surface area contributed by atoms with E-state index in [1.54, 1.807) is 0 Å². The summed E-state index contributed by atoms with van der Waals surface area (Å²) >= 11 is 0. The zero-order valence-corrected chi connectivity index (χ0v) is 9.74. The molecule has 0 unspecified atom stereocenters. The van der Waals surface area contributed by atoms with Gasteiger partial charge in [-0.2, -0.15) is 0 Å². The maximum Gasteiger partial charge on any atom is 0.214 e. The quantitative estimate of drug-likeness (QED) is 0.737. The van der Waals surface area contributed by atoms with Crippen molar-refractivity contribution in [3.05, 3.63) is 0 Å². The van der Waals surface area contributed by atoms with Gasteiger partial charge in [0, 0.05) is 0 Å². The van der Waals surface area contributed by atoms with Crippen molar-refractivity contribution in [2.45, 2.75) is 46.8 Å². The average molecular weight is 199 g/mol. The minimum atomic E-state index is -0.591. The van der Waals surface area contributed by atoms with Crippen molar-refractivity contribution >= 4 is 5.90 Å². The van der Waals surface area contributed by atoms with Crippen LogP contribution in [0.2, 0.25) is 0 Å². The van der Waals surface area contributed by atoms with E-state index in [0.717, 1.165) is 0 Å². The maximum absolute atomic E-state index is 9.93. The van der Waals surface area contributed by atoms with Gasteiger partial charge >= 0.3 is 0 Å². The second-order valence-corrected chi connectivity index (χ2v) is 5.36. The van der Waals surface area contributed by atoms with Gasteiger partial charge in [-0.3, -0.25) is 0 Å². The van der Waals surface area contributed by atoms with Gasteiger partial charge in [0.2, 0.25) is 5.90 Å². The molecule has 2 atom stereocenters. The van der Waals surface area contributed by atoms with Gasteiger partial charge in [-0.15, -0.1) is 0 Å². The van der Waals surface area contributed by atoms with Gasteiger partial charge in [-0.05, 0) is 11.3 Å². The summed E-state index contributed by atoms with van der Waals surface area (Å²) in [6, 6.07) is 0.210. The lowest BCUT2D eigenvalue weighted by molar-refractivity contribution is 0.0981. The Morgan fingerprint density at radius 1 is 1.43 bits per heavy atom. The predicted octanol–water partition coefficient (Wildman–Crippen LogP) is 1.85. The summed E-state index contributed by atoms with van der Waals surface area (Å²) in [5, 5.41) is 9.93. The van der Waals surface area contributed by atoms with E-state index in [1.807, 2.05) is 20.8 Å². The largest absolute Gasteiger partial charge is 0.477 e. The standard InChI is InChI=1S/C11H21NO2/c1-7(2)8-6-14-10(12-8)9(13)11(3,4)5/h7-9,13H,6H2,1-5H3/t8-,9-/m1/s1. The number of hydrogen-bond donors (Lipinski definition) is 1. The van der Waals surface area contributed by atoms with Gasteiger partial charge in [0.1, 0.15) is 12.7 Å². The van der Waals surface area contributed by atoms with Crippen molar-refractivity contribution in [1.29, 1.82) is 0 Å². The topological polar surface area (TPSA) is 41.8 Å². The van der Waals surface area contributed by atoms with Crippen LogP contribution in [0.5, 0.6) is 0 Å². The molecule has 14 heavy (non-hydrogen) atoms. The fourth-order valence-electron chi connectivity index (χ4n) is 1.27. The van der Waals surface area contributed by atoms with Crippen LogP contribution in [-0.2, 0) is 4.74 Å². The monoisotopic (exact) mass is 199 g/mol. The molecule has 1 aliphatic heterocycles. The molecule has 1 aliphatic rings. The van der Waals surface area contributed by atoms with Gasteiger partial charge in [0.05, 0.1) is 6.04 Å². The summed E-state index contributed by atoms with van der Waals surface area (Å²) in [7, 11) is 0. The highest BCUT2D eigenvalue weighted by Crippen LogP contribution is 2.24. The molecular formula is C11H21NO2. The smallest absolute Gasteiger partial charge is 0.214 e. The molecule has 0 saturated heterocycles. The molecule has 0 aromatic heterocycles. The van der Waals surface area contributed by atoms with E-state index in [-0.39, 0.29) is 11.5 Å². The molecule has 0 aromatic carbocycles. The number of nitrogens with zero attached hydrogens (tertiary/aromatic N) is 1. The van der Waals surface area contributed by atoms with E-state index in [0.29, 0.717) is 18.4 Å². The fraction of sp³-hybridized carbons (Fsp3) is 0.909. The summed E-state index contributed by atoms with van der Waals surface area (Å²) < 4.78 is 5.42. The molecule has 0 spiro atoms. The molecule has 1 N–H and O–H groups in total. The van der Waals surface area contributed by atoms with Crippen LogP contribution in [0.15, 0.2) is 4.99 Å². The third-order valence-corrected chi connectivity index (χ3v) is 2.52. The SMILES string of the molecule is CC(C)[C@H]1COC([C@@H](O)C(C)(C)C)=N1. The van der Waals surface area contributed by atoms with Crippen molar-refractivity contribution in [3.63, 3.8) is 0 Å². The number of aliphatic imine (C=N–C) groups is 1.